The Hall–Kier alpha value is -2.13. The first kappa shape index (κ1) is 17.7. The number of carbonyl (C=O) groups excluding carboxylic acids is 1. The smallest absolute Gasteiger partial charge is 0.234 e. The van der Waals surface area contributed by atoms with Crippen molar-refractivity contribution in [2.45, 2.75) is 45.1 Å². The highest BCUT2D eigenvalue weighted by Gasteiger charge is 2.17. The van der Waals surface area contributed by atoms with E-state index in [1.807, 2.05) is 0 Å². The van der Waals surface area contributed by atoms with E-state index < -0.39 is 0 Å². The molecule has 0 aromatic heterocycles. The van der Waals surface area contributed by atoms with E-state index in [2.05, 4.69) is 66.1 Å². The summed E-state index contributed by atoms with van der Waals surface area (Å²) in [5, 5.41) is 6.22. The maximum absolute atomic E-state index is 11.5. The van der Waals surface area contributed by atoms with Crippen LogP contribution in [0, 0.1) is 0 Å². The van der Waals surface area contributed by atoms with Gasteiger partial charge in [0.15, 0.2) is 0 Å². The molecule has 0 unspecified atom stereocenters. The van der Waals surface area contributed by atoms with Crippen molar-refractivity contribution >= 4 is 5.91 Å². The van der Waals surface area contributed by atoms with Crippen LogP contribution < -0.4 is 10.6 Å². The second-order valence-corrected chi connectivity index (χ2v) is 6.94. The lowest BCUT2D eigenvalue weighted by Crippen LogP contribution is -2.52. The zero-order chi connectivity index (χ0) is 17.5. The summed E-state index contributed by atoms with van der Waals surface area (Å²) in [6.45, 7) is 3.48. The lowest BCUT2D eigenvalue weighted by atomic mass is 9.98. The van der Waals surface area contributed by atoms with Crippen LogP contribution in [-0.4, -0.2) is 25.0 Å². The van der Waals surface area contributed by atoms with E-state index in [0.717, 1.165) is 38.6 Å². The second kappa shape index (κ2) is 8.82. The van der Waals surface area contributed by atoms with Crippen molar-refractivity contribution in [2.24, 2.45) is 0 Å². The largest absolute Gasteiger partial charge is 0.351 e. The number of hydrogen-bond donors (Lipinski definition) is 2. The molecule has 0 radical (unpaired) electrons. The van der Waals surface area contributed by atoms with Crippen molar-refractivity contribution in [3.05, 3.63) is 70.8 Å². The summed E-state index contributed by atoms with van der Waals surface area (Å²) in [6, 6.07) is 18.0. The maximum atomic E-state index is 11.5. The lowest BCUT2D eigenvalue weighted by molar-refractivity contribution is -0.122. The third-order valence-corrected chi connectivity index (χ3v) is 4.88. The predicted molar refractivity (Wildman–Crippen MR) is 103 cm³/mol. The summed E-state index contributed by atoms with van der Waals surface area (Å²) in [5.41, 5.74) is 5.52. The highest BCUT2D eigenvalue weighted by Crippen LogP contribution is 2.13. The van der Waals surface area contributed by atoms with Crippen LogP contribution in [0.2, 0.25) is 0 Å². The number of nitrogens with one attached hydrogen (secondary N) is 2. The average molecular weight is 336 g/mol. The van der Waals surface area contributed by atoms with Gasteiger partial charge in [0, 0.05) is 12.6 Å². The quantitative estimate of drug-likeness (QED) is 0.816. The second-order valence-electron chi connectivity index (χ2n) is 6.94. The molecule has 1 atom stereocenters. The summed E-state index contributed by atoms with van der Waals surface area (Å²) in [6.07, 6.45) is 5.38. The summed E-state index contributed by atoms with van der Waals surface area (Å²) in [5.74, 6) is 0.0986. The van der Waals surface area contributed by atoms with Gasteiger partial charge < -0.3 is 10.6 Å². The number of piperazine rings is 1. The lowest BCUT2D eigenvalue weighted by Gasteiger charge is -2.24. The molecule has 1 amide bonds. The van der Waals surface area contributed by atoms with Gasteiger partial charge in [-0.3, -0.25) is 4.79 Å². The fourth-order valence-corrected chi connectivity index (χ4v) is 3.45. The van der Waals surface area contributed by atoms with Crippen LogP contribution in [0.1, 0.15) is 35.6 Å². The first-order valence-corrected chi connectivity index (χ1v) is 9.38. The minimum atomic E-state index is 0.0986. The monoisotopic (exact) mass is 336 g/mol. The maximum Gasteiger partial charge on any atom is 0.234 e. The SMILES string of the molecule is CCc1ccc(CCCc2cccc(C[C@@H]3CNCC(=O)N3)c2)cc1. The number of amides is 1. The summed E-state index contributed by atoms with van der Waals surface area (Å²) in [7, 11) is 0. The van der Waals surface area contributed by atoms with Crippen LogP contribution in [0.3, 0.4) is 0 Å². The molecular weight excluding hydrogens is 308 g/mol. The fraction of sp³-hybridized carbons (Fsp3) is 0.409. The molecule has 1 heterocycles. The van der Waals surface area contributed by atoms with Crippen molar-refractivity contribution in [1.82, 2.24) is 10.6 Å². The van der Waals surface area contributed by atoms with E-state index in [0.29, 0.717) is 6.54 Å². The molecular formula is C22H28N2O. The van der Waals surface area contributed by atoms with Gasteiger partial charge in [-0.1, -0.05) is 55.5 Å². The molecule has 0 saturated carbocycles. The van der Waals surface area contributed by atoms with Crippen LogP contribution in [0.15, 0.2) is 48.5 Å². The van der Waals surface area contributed by atoms with E-state index in [9.17, 15) is 4.79 Å². The van der Waals surface area contributed by atoms with Gasteiger partial charge in [-0.25, -0.2) is 0 Å². The van der Waals surface area contributed by atoms with Crippen LogP contribution in [0.25, 0.3) is 0 Å². The summed E-state index contributed by atoms with van der Waals surface area (Å²) < 4.78 is 0. The third kappa shape index (κ3) is 5.43. The molecule has 132 valence electrons. The van der Waals surface area contributed by atoms with Crippen molar-refractivity contribution in [2.75, 3.05) is 13.1 Å². The van der Waals surface area contributed by atoms with Gasteiger partial charge in [-0.15, -0.1) is 0 Å². The Labute approximate surface area is 150 Å². The molecule has 0 aliphatic carbocycles. The summed E-state index contributed by atoms with van der Waals surface area (Å²) >= 11 is 0. The molecule has 1 saturated heterocycles. The molecule has 1 aliphatic rings. The van der Waals surface area contributed by atoms with Crippen LogP contribution in [-0.2, 0) is 30.5 Å². The highest BCUT2D eigenvalue weighted by atomic mass is 16.2. The molecule has 3 nitrogen and oxygen atoms in total. The Morgan fingerprint density at radius 3 is 2.44 bits per heavy atom. The molecule has 2 aromatic carbocycles. The molecule has 2 N–H and O–H groups in total. The Morgan fingerprint density at radius 2 is 1.68 bits per heavy atom. The normalized spacial score (nSPS) is 17.3. The van der Waals surface area contributed by atoms with E-state index >= 15 is 0 Å². The van der Waals surface area contributed by atoms with Gasteiger partial charge in [-0.2, -0.15) is 0 Å². The molecule has 0 spiro atoms. The van der Waals surface area contributed by atoms with Crippen LogP contribution >= 0.6 is 0 Å². The van der Waals surface area contributed by atoms with Gasteiger partial charge in [0.2, 0.25) is 5.91 Å². The van der Waals surface area contributed by atoms with E-state index in [4.69, 9.17) is 0 Å². The van der Waals surface area contributed by atoms with Gasteiger partial charge in [0.05, 0.1) is 6.54 Å². The van der Waals surface area contributed by atoms with Gasteiger partial charge in [0.1, 0.15) is 0 Å². The highest BCUT2D eigenvalue weighted by molar-refractivity contribution is 5.79. The van der Waals surface area contributed by atoms with Gasteiger partial charge >= 0.3 is 0 Å². The Morgan fingerprint density at radius 1 is 0.960 bits per heavy atom. The predicted octanol–water partition coefficient (Wildman–Crippen LogP) is 3.05. The van der Waals surface area contributed by atoms with Crippen molar-refractivity contribution in [3.63, 3.8) is 0 Å². The fourth-order valence-electron chi connectivity index (χ4n) is 3.45. The van der Waals surface area contributed by atoms with Crippen molar-refractivity contribution in [3.8, 4) is 0 Å². The van der Waals surface area contributed by atoms with Gasteiger partial charge in [-0.05, 0) is 54.4 Å². The first-order valence-electron chi connectivity index (χ1n) is 9.38. The zero-order valence-corrected chi connectivity index (χ0v) is 15.1. The van der Waals surface area contributed by atoms with E-state index in [-0.39, 0.29) is 11.9 Å². The first-order chi connectivity index (χ1) is 12.2. The minimum Gasteiger partial charge on any atom is -0.351 e. The van der Waals surface area contributed by atoms with E-state index in [1.165, 1.54) is 22.3 Å². The molecule has 3 rings (SSSR count). The molecule has 2 aromatic rings. The minimum absolute atomic E-state index is 0.0986. The number of rotatable bonds is 7. The van der Waals surface area contributed by atoms with E-state index in [1.54, 1.807) is 0 Å². The Balaban J connectivity index is 1.50. The number of benzene rings is 2. The number of aryl methyl sites for hydroxylation is 3. The summed E-state index contributed by atoms with van der Waals surface area (Å²) in [4.78, 5) is 11.5. The number of carbonyl (C=O) groups is 1. The Kier molecular flexibility index (Phi) is 6.24. The molecule has 1 aliphatic heterocycles. The molecule has 3 heteroatoms. The molecule has 1 fully saturated rings. The van der Waals surface area contributed by atoms with Crippen molar-refractivity contribution < 1.29 is 4.79 Å². The van der Waals surface area contributed by atoms with Crippen LogP contribution in [0.4, 0.5) is 0 Å². The van der Waals surface area contributed by atoms with Gasteiger partial charge in [0.25, 0.3) is 0 Å². The topological polar surface area (TPSA) is 41.1 Å². The molecule has 0 bridgehead atoms. The third-order valence-electron chi connectivity index (χ3n) is 4.88. The van der Waals surface area contributed by atoms with Crippen molar-refractivity contribution in [1.29, 1.82) is 0 Å². The Bertz CT molecular complexity index is 693. The molecule has 25 heavy (non-hydrogen) atoms. The van der Waals surface area contributed by atoms with Crippen LogP contribution in [0.5, 0.6) is 0 Å². The average Bonchev–Trinajstić information content (AvgIpc) is 2.63. The zero-order valence-electron chi connectivity index (χ0n) is 15.1. The number of hydrogen-bond acceptors (Lipinski definition) is 2. The standard InChI is InChI=1S/C22H28N2O/c1-2-17-9-11-18(12-10-17)5-3-6-19-7-4-8-20(13-19)14-21-15-23-16-22(25)24-21/h4,7-13,21,23H,2-3,5-6,14-16H2,1H3,(H,24,25)/t21-/m1/s1.